The van der Waals surface area contributed by atoms with Crippen LogP contribution in [-0.4, -0.2) is 23.7 Å². The zero-order valence-electron chi connectivity index (χ0n) is 6.34. The summed E-state index contributed by atoms with van der Waals surface area (Å²) in [6.07, 6.45) is 0. The van der Waals surface area contributed by atoms with Gasteiger partial charge in [-0.15, -0.1) is 0 Å². The zero-order valence-corrected chi connectivity index (χ0v) is 8.76. The van der Waals surface area contributed by atoms with Gasteiger partial charge in [0.15, 0.2) is 0 Å². The van der Waals surface area contributed by atoms with Gasteiger partial charge < -0.3 is 4.65 Å². The van der Waals surface area contributed by atoms with Gasteiger partial charge in [-0.3, -0.25) is 0 Å². The van der Waals surface area contributed by atoms with Crippen LogP contribution < -0.4 is 4.65 Å². The molecule has 0 heterocycles. The standard InChI is InChI=1S/C4H12F3NSi2/c1-10(2,3)8-9-4(5,6)7/h8H,9H2,1-3H3. The summed E-state index contributed by atoms with van der Waals surface area (Å²) in [4.78, 5) is 0. The summed E-state index contributed by atoms with van der Waals surface area (Å²) in [6, 6.07) is 0. The Bertz CT molecular complexity index is 92.1. The molecule has 0 bridgehead atoms. The molecule has 0 rings (SSSR count). The van der Waals surface area contributed by atoms with Gasteiger partial charge in [-0.1, -0.05) is 19.6 Å². The Balaban J connectivity index is 3.56. The van der Waals surface area contributed by atoms with E-state index in [-0.39, 0.29) is 0 Å². The first-order chi connectivity index (χ1) is 4.21. The molecule has 1 N–H and O–H groups in total. The molecule has 0 aliphatic carbocycles. The normalized spacial score (nSPS) is 15.0. The van der Waals surface area contributed by atoms with E-state index < -0.39 is 23.7 Å². The average Bonchev–Trinajstić information content (AvgIpc) is 1.57. The van der Waals surface area contributed by atoms with Crippen LogP contribution in [0.25, 0.3) is 0 Å². The molecule has 0 aromatic carbocycles. The van der Waals surface area contributed by atoms with Crippen LogP contribution in [-0.2, 0) is 0 Å². The molecule has 0 fully saturated rings. The molecule has 62 valence electrons. The van der Waals surface area contributed by atoms with Crippen molar-refractivity contribution < 1.29 is 13.2 Å². The summed E-state index contributed by atoms with van der Waals surface area (Å²) in [6.45, 7) is 5.60. The third-order valence-electron chi connectivity index (χ3n) is 0.819. The van der Waals surface area contributed by atoms with Gasteiger partial charge in [0.1, 0.15) is 8.24 Å². The Morgan fingerprint density at radius 3 is 1.70 bits per heavy atom. The summed E-state index contributed by atoms with van der Waals surface area (Å²) < 4.78 is 37.4. The molecule has 0 saturated carbocycles. The van der Waals surface area contributed by atoms with Crippen molar-refractivity contribution in [2.45, 2.75) is 25.4 Å². The van der Waals surface area contributed by atoms with Gasteiger partial charge in [0.05, 0.1) is 0 Å². The van der Waals surface area contributed by atoms with Crippen molar-refractivity contribution >= 4 is 17.9 Å². The van der Waals surface area contributed by atoms with E-state index in [1.807, 2.05) is 19.6 Å². The molecule has 0 aliphatic heterocycles. The van der Waals surface area contributed by atoms with Gasteiger partial charge >= 0.3 is 5.80 Å². The molecule has 1 nitrogen and oxygen atoms in total. The highest BCUT2D eigenvalue weighted by Crippen LogP contribution is 2.11. The lowest BCUT2D eigenvalue weighted by molar-refractivity contribution is -0.0479. The molecule has 0 aromatic rings. The summed E-state index contributed by atoms with van der Waals surface area (Å²) >= 11 is 0. The van der Waals surface area contributed by atoms with Gasteiger partial charge in [0.25, 0.3) is 0 Å². The highest BCUT2D eigenvalue weighted by molar-refractivity contribution is 6.79. The minimum atomic E-state index is -3.93. The van der Waals surface area contributed by atoms with Crippen LogP contribution >= 0.6 is 0 Å². The van der Waals surface area contributed by atoms with Crippen LogP contribution in [0, 0.1) is 0 Å². The minimum absolute atomic E-state index is 1.68. The molecule has 6 heteroatoms. The van der Waals surface area contributed by atoms with Crippen molar-refractivity contribution in [1.82, 2.24) is 4.65 Å². The lowest BCUT2D eigenvalue weighted by Gasteiger charge is -2.18. The largest absolute Gasteiger partial charge is 0.369 e. The van der Waals surface area contributed by atoms with Gasteiger partial charge in [-0.2, -0.15) is 13.2 Å². The zero-order chi connectivity index (χ0) is 8.41. The molecule has 0 amide bonds. The van der Waals surface area contributed by atoms with Crippen molar-refractivity contribution in [1.29, 1.82) is 0 Å². The van der Waals surface area contributed by atoms with E-state index in [4.69, 9.17) is 0 Å². The molecule has 0 radical (unpaired) electrons. The van der Waals surface area contributed by atoms with E-state index in [9.17, 15) is 13.2 Å². The highest BCUT2D eigenvalue weighted by Gasteiger charge is 2.29. The number of hydrogen-bond donors (Lipinski definition) is 1. The van der Waals surface area contributed by atoms with Gasteiger partial charge in [0.2, 0.25) is 9.68 Å². The van der Waals surface area contributed by atoms with Crippen molar-refractivity contribution in [3.8, 4) is 0 Å². The molecule has 0 spiro atoms. The van der Waals surface area contributed by atoms with Crippen molar-refractivity contribution in [2.24, 2.45) is 0 Å². The molecular formula is C4H12F3NSi2. The first-order valence-corrected chi connectivity index (χ1v) is 7.94. The Hall–Kier alpha value is 0.184. The minimum Gasteiger partial charge on any atom is -0.357 e. The number of alkyl halides is 3. The number of halogens is 3. The Morgan fingerprint density at radius 2 is 1.60 bits per heavy atom. The van der Waals surface area contributed by atoms with E-state index in [2.05, 4.69) is 4.65 Å². The first kappa shape index (κ1) is 10.2. The Kier molecular flexibility index (Phi) is 3.11. The molecule has 0 atom stereocenters. The lowest BCUT2D eigenvalue weighted by atomic mass is 11.5. The van der Waals surface area contributed by atoms with Crippen LogP contribution in [0.3, 0.4) is 0 Å². The SMILES string of the molecule is C[Si](C)(C)N[SiH2]C(F)(F)F. The van der Waals surface area contributed by atoms with Gasteiger partial charge in [0, 0.05) is 0 Å². The topological polar surface area (TPSA) is 12.0 Å². The van der Waals surface area contributed by atoms with Gasteiger partial charge in [-0.25, -0.2) is 0 Å². The monoisotopic (exact) mass is 187 g/mol. The third-order valence-corrected chi connectivity index (χ3v) is 6.17. The van der Waals surface area contributed by atoms with Crippen LogP contribution in [0.15, 0.2) is 0 Å². The second-order valence-electron chi connectivity index (χ2n) is 3.22. The van der Waals surface area contributed by atoms with Crippen LogP contribution in [0.2, 0.25) is 19.6 Å². The fraction of sp³-hybridized carbons (Fsp3) is 1.00. The fourth-order valence-electron chi connectivity index (χ4n) is 0.365. The van der Waals surface area contributed by atoms with E-state index in [0.717, 1.165) is 0 Å². The maximum atomic E-state index is 11.6. The van der Waals surface area contributed by atoms with E-state index in [1.165, 1.54) is 0 Å². The quantitative estimate of drug-likeness (QED) is 0.636. The molecule has 0 unspecified atom stereocenters. The third kappa shape index (κ3) is 8.18. The van der Waals surface area contributed by atoms with E-state index >= 15 is 0 Å². The number of nitrogens with one attached hydrogen (secondary N) is 1. The predicted octanol–water partition coefficient (Wildman–Crippen LogP) is 1.01. The summed E-state index contributed by atoms with van der Waals surface area (Å²) in [5.74, 6) is -3.93. The van der Waals surface area contributed by atoms with Crippen molar-refractivity contribution in [3.05, 3.63) is 0 Å². The molecule has 0 aliphatic rings. The van der Waals surface area contributed by atoms with E-state index in [0.29, 0.717) is 0 Å². The summed E-state index contributed by atoms with van der Waals surface area (Å²) in [7, 11) is -3.72. The second kappa shape index (κ2) is 3.06. The first-order valence-electron chi connectivity index (χ1n) is 3.02. The number of rotatable bonds is 2. The highest BCUT2D eigenvalue weighted by atomic mass is 28.4. The Morgan fingerprint density at radius 1 is 1.20 bits per heavy atom. The Labute approximate surface area is 62.0 Å². The predicted molar refractivity (Wildman–Crippen MR) is 41.1 cm³/mol. The van der Waals surface area contributed by atoms with Crippen LogP contribution in [0.1, 0.15) is 0 Å². The molecular weight excluding hydrogens is 175 g/mol. The summed E-state index contributed by atoms with van der Waals surface area (Å²) in [5, 5.41) is 0. The van der Waals surface area contributed by atoms with Crippen molar-refractivity contribution in [2.75, 3.05) is 0 Å². The van der Waals surface area contributed by atoms with Crippen LogP contribution in [0.4, 0.5) is 13.2 Å². The second-order valence-corrected chi connectivity index (χ2v) is 10.3. The van der Waals surface area contributed by atoms with Crippen molar-refractivity contribution in [3.63, 3.8) is 0 Å². The lowest BCUT2D eigenvalue weighted by Crippen LogP contribution is -2.48. The number of hydrogen-bond acceptors (Lipinski definition) is 1. The smallest absolute Gasteiger partial charge is 0.357 e. The average molecular weight is 187 g/mol. The molecule has 0 saturated heterocycles. The molecule has 0 aromatic heterocycles. The maximum Gasteiger partial charge on any atom is 0.369 e. The summed E-state index contributed by atoms with van der Waals surface area (Å²) in [5.41, 5.74) is 0. The van der Waals surface area contributed by atoms with Crippen LogP contribution in [0.5, 0.6) is 0 Å². The maximum absolute atomic E-state index is 11.6. The van der Waals surface area contributed by atoms with Gasteiger partial charge in [-0.05, 0) is 0 Å². The fourth-order valence-corrected chi connectivity index (χ4v) is 3.29. The van der Waals surface area contributed by atoms with E-state index in [1.54, 1.807) is 0 Å². The molecule has 10 heavy (non-hydrogen) atoms.